The number of hydrogen-bond acceptors (Lipinski definition) is 2. The molecule has 0 bridgehead atoms. The Morgan fingerprint density at radius 3 is 2.73 bits per heavy atom. The average molecular weight is 213 g/mol. The van der Waals surface area contributed by atoms with E-state index in [0.717, 1.165) is 24.6 Å². The van der Waals surface area contributed by atoms with E-state index in [1.54, 1.807) is 6.07 Å². The summed E-state index contributed by atoms with van der Waals surface area (Å²) in [5, 5.41) is 9.30. The summed E-state index contributed by atoms with van der Waals surface area (Å²) >= 11 is 0. The van der Waals surface area contributed by atoms with Crippen molar-refractivity contribution in [2.24, 2.45) is 0 Å². The zero-order valence-electron chi connectivity index (χ0n) is 8.29. The van der Waals surface area contributed by atoms with Gasteiger partial charge in [0.25, 0.3) is 0 Å². The van der Waals surface area contributed by atoms with Crippen LogP contribution in [-0.4, -0.2) is 29.2 Å². The number of aliphatic hydroxyl groups is 1. The highest BCUT2D eigenvalue weighted by atomic mass is 19.2. The van der Waals surface area contributed by atoms with Crippen LogP contribution in [0, 0.1) is 11.6 Å². The monoisotopic (exact) mass is 213 g/mol. The number of halogens is 2. The zero-order valence-corrected chi connectivity index (χ0v) is 8.29. The maximum Gasteiger partial charge on any atom is 0.159 e. The molecule has 1 saturated heterocycles. The van der Waals surface area contributed by atoms with Gasteiger partial charge >= 0.3 is 0 Å². The molecule has 1 aromatic carbocycles. The summed E-state index contributed by atoms with van der Waals surface area (Å²) in [6.45, 7) is 1.98. The summed E-state index contributed by atoms with van der Waals surface area (Å²) < 4.78 is 25.5. The van der Waals surface area contributed by atoms with Crippen LogP contribution in [0.5, 0.6) is 0 Å². The second kappa shape index (κ2) is 4.24. The summed E-state index contributed by atoms with van der Waals surface area (Å²) in [7, 11) is 0. The lowest BCUT2D eigenvalue weighted by atomic mass is 10.2. The van der Waals surface area contributed by atoms with Gasteiger partial charge in [-0.3, -0.25) is 4.90 Å². The van der Waals surface area contributed by atoms with Crippen LogP contribution in [-0.2, 0) is 6.54 Å². The smallest absolute Gasteiger partial charge is 0.159 e. The van der Waals surface area contributed by atoms with Gasteiger partial charge in [-0.1, -0.05) is 6.07 Å². The second-order valence-electron chi connectivity index (χ2n) is 3.93. The predicted octanol–water partition coefficient (Wildman–Crippen LogP) is 1.53. The SMILES string of the molecule is O[C@@H]1CCN(Cc2ccc(F)c(F)c2)C1. The van der Waals surface area contributed by atoms with Gasteiger partial charge in [0.1, 0.15) is 0 Å². The first-order chi connectivity index (χ1) is 7.15. The normalized spacial score (nSPS) is 22.2. The van der Waals surface area contributed by atoms with Crippen LogP contribution in [0.3, 0.4) is 0 Å². The van der Waals surface area contributed by atoms with Gasteiger partial charge < -0.3 is 5.11 Å². The van der Waals surface area contributed by atoms with E-state index in [1.807, 2.05) is 4.90 Å². The standard InChI is InChI=1S/C11H13F2NO/c12-10-2-1-8(5-11(10)13)6-14-4-3-9(15)7-14/h1-2,5,9,15H,3-4,6-7H2/t9-/m1/s1. The predicted molar refractivity (Wildman–Crippen MR) is 52.3 cm³/mol. The van der Waals surface area contributed by atoms with Crippen molar-refractivity contribution in [3.8, 4) is 0 Å². The topological polar surface area (TPSA) is 23.5 Å². The van der Waals surface area contributed by atoms with Crippen LogP contribution < -0.4 is 0 Å². The van der Waals surface area contributed by atoms with E-state index in [2.05, 4.69) is 0 Å². The molecule has 0 aromatic heterocycles. The van der Waals surface area contributed by atoms with E-state index in [1.165, 1.54) is 6.07 Å². The maximum absolute atomic E-state index is 12.9. The lowest BCUT2D eigenvalue weighted by molar-refractivity contribution is 0.174. The number of aliphatic hydroxyl groups excluding tert-OH is 1. The molecular formula is C11H13F2NO. The van der Waals surface area contributed by atoms with E-state index < -0.39 is 11.6 Å². The molecule has 1 heterocycles. The summed E-state index contributed by atoms with van der Waals surface area (Å²) in [4.78, 5) is 2.03. The Morgan fingerprint density at radius 1 is 1.33 bits per heavy atom. The highest BCUT2D eigenvalue weighted by molar-refractivity contribution is 5.17. The number of rotatable bonds is 2. The van der Waals surface area contributed by atoms with Crippen LogP contribution in [0.1, 0.15) is 12.0 Å². The minimum Gasteiger partial charge on any atom is -0.392 e. The highest BCUT2D eigenvalue weighted by Gasteiger charge is 2.20. The number of hydrogen-bond donors (Lipinski definition) is 1. The molecule has 1 aliphatic heterocycles. The van der Waals surface area contributed by atoms with Crippen LogP contribution in [0.15, 0.2) is 18.2 Å². The van der Waals surface area contributed by atoms with Gasteiger partial charge in [0, 0.05) is 19.6 Å². The van der Waals surface area contributed by atoms with Gasteiger partial charge in [0.2, 0.25) is 0 Å². The molecule has 0 spiro atoms. The van der Waals surface area contributed by atoms with Gasteiger partial charge in [0.15, 0.2) is 11.6 Å². The highest BCUT2D eigenvalue weighted by Crippen LogP contribution is 2.15. The first-order valence-corrected chi connectivity index (χ1v) is 4.99. The molecule has 1 N–H and O–H groups in total. The minimum absolute atomic E-state index is 0.282. The molecular weight excluding hydrogens is 200 g/mol. The lowest BCUT2D eigenvalue weighted by Gasteiger charge is -2.14. The van der Waals surface area contributed by atoms with Crippen molar-refractivity contribution in [2.45, 2.75) is 19.1 Å². The molecule has 0 radical (unpaired) electrons. The fraction of sp³-hybridized carbons (Fsp3) is 0.455. The molecule has 1 fully saturated rings. The van der Waals surface area contributed by atoms with E-state index in [4.69, 9.17) is 0 Å². The number of likely N-dealkylation sites (tertiary alicyclic amines) is 1. The largest absolute Gasteiger partial charge is 0.392 e. The Balaban J connectivity index is 2.02. The van der Waals surface area contributed by atoms with Gasteiger partial charge in [0.05, 0.1) is 6.10 Å². The molecule has 0 aliphatic carbocycles. The van der Waals surface area contributed by atoms with Crippen LogP contribution in [0.25, 0.3) is 0 Å². The fourth-order valence-electron chi connectivity index (χ4n) is 1.85. The Hall–Kier alpha value is -1.00. The Morgan fingerprint density at radius 2 is 2.13 bits per heavy atom. The second-order valence-corrected chi connectivity index (χ2v) is 3.93. The number of benzene rings is 1. The van der Waals surface area contributed by atoms with Gasteiger partial charge in [-0.25, -0.2) is 8.78 Å². The first-order valence-electron chi connectivity index (χ1n) is 4.99. The zero-order chi connectivity index (χ0) is 10.8. The Bertz CT molecular complexity index is 356. The number of nitrogens with zero attached hydrogens (tertiary/aromatic N) is 1. The molecule has 0 amide bonds. The van der Waals surface area contributed by atoms with Crippen molar-refractivity contribution >= 4 is 0 Å². The fourth-order valence-corrected chi connectivity index (χ4v) is 1.85. The molecule has 82 valence electrons. The van der Waals surface area contributed by atoms with Crippen molar-refractivity contribution in [1.29, 1.82) is 0 Å². The molecule has 0 saturated carbocycles. The molecule has 0 unspecified atom stereocenters. The molecule has 2 rings (SSSR count). The number of β-amino-alcohol motifs (C(OH)–C–C–N with tert-alkyl or cyclic N) is 1. The average Bonchev–Trinajstić information content (AvgIpc) is 2.58. The quantitative estimate of drug-likeness (QED) is 0.805. The third-order valence-electron chi connectivity index (χ3n) is 2.64. The molecule has 1 aliphatic rings. The molecule has 15 heavy (non-hydrogen) atoms. The molecule has 4 heteroatoms. The first kappa shape index (κ1) is 10.5. The van der Waals surface area contributed by atoms with Crippen molar-refractivity contribution in [1.82, 2.24) is 4.90 Å². The Kier molecular flexibility index (Phi) is 2.98. The van der Waals surface area contributed by atoms with E-state index >= 15 is 0 Å². The van der Waals surface area contributed by atoms with Crippen molar-refractivity contribution < 1.29 is 13.9 Å². The van der Waals surface area contributed by atoms with Crippen molar-refractivity contribution in [3.63, 3.8) is 0 Å². The summed E-state index contributed by atoms with van der Waals surface area (Å²) in [6, 6.07) is 3.92. The summed E-state index contributed by atoms with van der Waals surface area (Å²) in [5.41, 5.74) is 0.739. The van der Waals surface area contributed by atoms with Crippen molar-refractivity contribution in [2.75, 3.05) is 13.1 Å². The molecule has 1 aromatic rings. The van der Waals surface area contributed by atoms with E-state index in [-0.39, 0.29) is 6.10 Å². The lowest BCUT2D eigenvalue weighted by Crippen LogP contribution is -2.21. The van der Waals surface area contributed by atoms with E-state index in [0.29, 0.717) is 13.1 Å². The van der Waals surface area contributed by atoms with Crippen LogP contribution in [0.2, 0.25) is 0 Å². The minimum atomic E-state index is -0.819. The third-order valence-corrected chi connectivity index (χ3v) is 2.64. The summed E-state index contributed by atoms with van der Waals surface area (Å²) in [6.07, 6.45) is 0.472. The van der Waals surface area contributed by atoms with Crippen LogP contribution >= 0.6 is 0 Å². The summed E-state index contributed by atoms with van der Waals surface area (Å²) in [5.74, 6) is -1.63. The molecule has 2 nitrogen and oxygen atoms in total. The Labute approximate surface area is 87.1 Å². The third kappa shape index (κ3) is 2.52. The van der Waals surface area contributed by atoms with Crippen LogP contribution in [0.4, 0.5) is 8.78 Å². The van der Waals surface area contributed by atoms with Gasteiger partial charge in [-0.2, -0.15) is 0 Å². The van der Waals surface area contributed by atoms with Crippen molar-refractivity contribution in [3.05, 3.63) is 35.4 Å². The maximum atomic E-state index is 12.9. The molecule has 1 atom stereocenters. The van der Waals surface area contributed by atoms with Gasteiger partial charge in [-0.05, 0) is 24.1 Å². The van der Waals surface area contributed by atoms with E-state index in [9.17, 15) is 13.9 Å². The van der Waals surface area contributed by atoms with Gasteiger partial charge in [-0.15, -0.1) is 0 Å².